The topological polar surface area (TPSA) is 16.1 Å². The Kier molecular flexibility index (Phi) is 6.21. The molecule has 0 aliphatic carbocycles. The molecule has 0 amide bonds. The largest absolute Gasteiger partial charge is 0.358 e. The lowest BCUT2D eigenvalue weighted by atomic mass is 10.2. The number of thiazole rings is 1. The second kappa shape index (κ2) is 7.92. The van der Waals surface area contributed by atoms with Crippen LogP contribution in [0.2, 0.25) is 0 Å². The zero-order chi connectivity index (χ0) is 15.2. The highest BCUT2D eigenvalue weighted by Gasteiger charge is 2.09. The molecule has 1 aromatic heterocycles. The van der Waals surface area contributed by atoms with Crippen LogP contribution >= 0.6 is 35.3 Å². The van der Waals surface area contributed by atoms with Crippen LogP contribution in [-0.4, -0.2) is 27.3 Å². The van der Waals surface area contributed by atoms with E-state index in [1.807, 2.05) is 0 Å². The zero-order valence-electron chi connectivity index (χ0n) is 12.6. The lowest BCUT2D eigenvalue weighted by Crippen LogP contribution is -2.26. The summed E-state index contributed by atoms with van der Waals surface area (Å²) in [6.45, 7) is 8.30. The van der Waals surface area contributed by atoms with Crippen LogP contribution in [0.3, 0.4) is 0 Å². The Hall–Kier alpha value is -0.910. The first-order valence-electron chi connectivity index (χ1n) is 7.07. The van der Waals surface area contributed by atoms with Gasteiger partial charge in [-0.25, -0.2) is 4.98 Å². The van der Waals surface area contributed by atoms with Crippen molar-refractivity contribution in [3.05, 3.63) is 40.9 Å². The van der Waals surface area contributed by atoms with Crippen LogP contribution in [-0.2, 0) is 5.75 Å². The SMILES string of the molecule is CCN(CC)C(=S)SCc1csc(-c2ccc(C)cc2)n1. The molecule has 0 aliphatic rings. The van der Waals surface area contributed by atoms with Crippen molar-refractivity contribution in [3.8, 4) is 10.6 Å². The Labute approximate surface area is 140 Å². The van der Waals surface area contributed by atoms with Crippen molar-refractivity contribution in [1.29, 1.82) is 0 Å². The summed E-state index contributed by atoms with van der Waals surface area (Å²) < 4.78 is 0.963. The maximum Gasteiger partial charge on any atom is 0.136 e. The Morgan fingerprint density at radius 3 is 2.52 bits per heavy atom. The number of thioether (sulfide) groups is 1. The zero-order valence-corrected chi connectivity index (χ0v) is 15.1. The molecule has 0 atom stereocenters. The van der Waals surface area contributed by atoms with Crippen molar-refractivity contribution in [3.63, 3.8) is 0 Å². The predicted octanol–water partition coefficient (Wildman–Crippen LogP) is 4.98. The number of aryl methyl sites for hydroxylation is 1. The standard InChI is InChI=1S/C16H20N2S3/c1-4-18(5-2)16(19)21-11-14-10-20-15(17-14)13-8-6-12(3)7-9-13/h6-10H,4-5,11H2,1-3H3. The van der Waals surface area contributed by atoms with E-state index in [9.17, 15) is 0 Å². The number of aromatic nitrogens is 1. The molecule has 0 saturated carbocycles. The van der Waals surface area contributed by atoms with E-state index in [2.05, 4.69) is 55.3 Å². The summed E-state index contributed by atoms with van der Waals surface area (Å²) in [6, 6.07) is 8.51. The summed E-state index contributed by atoms with van der Waals surface area (Å²) in [6.07, 6.45) is 0. The van der Waals surface area contributed by atoms with Crippen molar-refractivity contribution in [1.82, 2.24) is 9.88 Å². The van der Waals surface area contributed by atoms with Gasteiger partial charge in [0.25, 0.3) is 0 Å². The van der Waals surface area contributed by atoms with Crippen LogP contribution in [0.4, 0.5) is 0 Å². The van der Waals surface area contributed by atoms with Gasteiger partial charge >= 0.3 is 0 Å². The first-order chi connectivity index (χ1) is 10.1. The predicted molar refractivity (Wildman–Crippen MR) is 99.1 cm³/mol. The summed E-state index contributed by atoms with van der Waals surface area (Å²) in [4.78, 5) is 6.91. The fraction of sp³-hybridized carbons (Fsp3) is 0.375. The van der Waals surface area contributed by atoms with Crippen LogP contribution in [0.25, 0.3) is 10.6 Å². The van der Waals surface area contributed by atoms with Crippen LogP contribution in [0.15, 0.2) is 29.6 Å². The van der Waals surface area contributed by atoms with E-state index in [4.69, 9.17) is 17.2 Å². The molecule has 1 heterocycles. The molecule has 5 heteroatoms. The second-order valence-corrected chi connectivity index (χ2v) is 7.20. The number of hydrogen-bond acceptors (Lipinski definition) is 4. The van der Waals surface area contributed by atoms with E-state index >= 15 is 0 Å². The first kappa shape index (κ1) is 16.5. The quantitative estimate of drug-likeness (QED) is 0.716. The smallest absolute Gasteiger partial charge is 0.136 e. The number of nitrogens with zero attached hydrogens (tertiary/aromatic N) is 2. The lowest BCUT2D eigenvalue weighted by molar-refractivity contribution is 0.482. The van der Waals surface area contributed by atoms with Crippen molar-refractivity contribution < 1.29 is 0 Å². The fourth-order valence-electron chi connectivity index (χ4n) is 1.91. The summed E-state index contributed by atoms with van der Waals surface area (Å²) in [5, 5.41) is 3.21. The van der Waals surface area contributed by atoms with E-state index in [0.717, 1.165) is 33.9 Å². The van der Waals surface area contributed by atoms with Crippen molar-refractivity contribution >= 4 is 39.6 Å². The van der Waals surface area contributed by atoms with Gasteiger partial charge in [0, 0.05) is 29.8 Å². The van der Waals surface area contributed by atoms with Gasteiger partial charge in [0.15, 0.2) is 0 Å². The van der Waals surface area contributed by atoms with E-state index in [1.54, 1.807) is 23.1 Å². The molecular formula is C16H20N2S3. The molecule has 0 spiro atoms. The Bertz CT molecular complexity index is 586. The van der Waals surface area contributed by atoms with Gasteiger partial charge in [0.1, 0.15) is 9.33 Å². The molecule has 0 unspecified atom stereocenters. The van der Waals surface area contributed by atoms with E-state index in [0.29, 0.717) is 0 Å². The molecular weight excluding hydrogens is 316 g/mol. The van der Waals surface area contributed by atoms with Gasteiger partial charge in [-0.05, 0) is 20.8 Å². The minimum atomic E-state index is 0.845. The summed E-state index contributed by atoms with van der Waals surface area (Å²) in [5.41, 5.74) is 3.57. The third kappa shape index (κ3) is 4.53. The first-order valence-corrected chi connectivity index (χ1v) is 9.34. The van der Waals surface area contributed by atoms with Crippen molar-refractivity contribution in [2.24, 2.45) is 0 Å². The van der Waals surface area contributed by atoms with E-state index in [1.165, 1.54) is 11.1 Å². The van der Waals surface area contributed by atoms with Gasteiger partial charge in [-0.1, -0.05) is 53.8 Å². The van der Waals surface area contributed by atoms with Crippen molar-refractivity contribution in [2.75, 3.05) is 13.1 Å². The highest BCUT2D eigenvalue weighted by Crippen LogP contribution is 2.26. The molecule has 2 rings (SSSR count). The second-order valence-electron chi connectivity index (χ2n) is 4.74. The van der Waals surface area contributed by atoms with Crippen LogP contribution < -0.4 is 0 Å². The third-order valence-electron chi connectivity index (χ3n) is 3.22. The van der Waals surface area contributed by atoms with Gasteiger partial charge in [-0.15, -0.1) is 11.3 Å². The monoisotopic (exact) mass is 336 g/mol. The molecule has 0 fully saturated rings. The summed E-state index contributed by atoms with van der Waals surface area (Å²) in [7, 11) is 0. The molecule has 21 heavy (non-hydrogen) atoms. The van der Waals surface area contributed by atoms with Gasteiger partial charge in [-0.2, -0.15) is 0 Å². The Morgan fingerprint density at radius 1 is 1.24 bits per heavy atom. The maximum absolute atomic E-state index is 5.45. The van der Waals surface area contributed by atoms with Gasteiger partial charge < -0.3 is 4.90 Å². The Balaban J connectivity index is 1.97. The minimum Gasteiger partial charge on any atom is -0.358 e. The van der Waals surface area contributed by atoms with Gasteiger partial charge in [0.05, 0.1) is 5.69 Å². The molecule has 1 aromatic carbocycles. The fourth-order valence-corrected chi connectivity index (χ4v) is 4.14. The summed E-state index contributed by atoms with van der Waals surface area (Å²) in [5.74, 6) is 0.845. The molecule has 0 bridgehead atoms. The average Bonchev–Trinajstić information content (AvgIpc) is 2.96. The number of thiocarbonyl (C=S) groups is 1. The van der Waals surface area contributed by atoms with Gasteiger partial charge in [-0.3, -0.25) is 0 Å². The average molecular weight is 337 g/mol. The summed E-state index contributed by atoms with van der Waals surface area (Å²) >= 11 is 8.85. The highest BCUT2D eigenvalue weighted by atomic mass is 32.2. The number of benzene rings is 1. The molecule has 0 aliphatic heterocycles. The van der Waals surface area contributed by atoms with Crippen LogP contribution in [0.5, 0.6) is 0 Å². The molecule has 2 nitrogen and oxygen atoms in total. The minimum absolute atomic E-state index is 0.845. The molecule has 0 N–H and O–H groups in total. The molecule has 112 valence electrons. The molecule has 0 saturated heterocycles. The molecule has 2 aromatic rings. The van der Waals surface area contributed by atoms with E-state index in [-0.39, 0.29) is 0 Å². The van der Waals surface area contributed by atoms with Crippen LogP contribution in [0.1, 0.15) is 25.1 Å². The van der Waals surface area contributed by atoms with Gasteiger partial charge in [0.2, 0.25) is 0 Å². The number of rotatable bonds is 5. The Morgan fingerprint density at radius 2 is 1.90 bits per heavy atom. The third-order valence-corrected chi connectivity index (χ3v) is 5.71. The lowest BCUT2D eigenvalue weighted by Gasteiger charge is -2.20. The highest BCUT2D eigenvalue weighted by molar-refractivity contribution is 8.22. The normalized spacial score (nSPS) is 10.6. The van der Waals surface area contributed by atoms with E-state index < -0.39 is 0 Å². The van der Waals surface area contributed by atoms with Crippen molar-refractivity contribution in [2.45, 2.75) is 26.5 Å². The molecule has 0 radical (unpaired) electrons. The number of hydrogen-bond donors (Lipinski definition) is 0. The van der Waals surface area contributed by atoms with Crippen LogP contribution in [0, 0.1) is 6.92 Å². The maximum atomic E-state index is 5.45.